The number of hydrogen-bond donors (Lipinski definition) is 1. The van der Waals surface area contributed by atoms with Crippen LogP contribution in [0.25, 0.3) is 22.3 Å². The van der Waals surface area contributed by atoms with Crippen LogP contribution in [-0.4, -0.2) is 20.2 Å². The fourth-order valence-corrected chi connectivity index (χ4v) is 2.60. The standard InChI is InChI=1S/C15H13FN2O2/c1-17-11(6-7-12(17)15(19)20)13-8-9-4-3-5-10(16)14(9)18(13)2/h3-8H,1-2H3,(H,19,20). The Balaban J connectivity index is 2.28. The Labute approximate surface area is 114 Å². The molecule has 2 aromatic heterocycles. The van der Waals surface area contributed by atoms with Crippen molar-refractivity contribution in [1.82, 2.24) is 9.13 Å². The lowest BCUT2D eigenvalue weighted by Gasteiger charge is -2.07. The van der Waals surface area contributed by atoms with Crippen LogP contribution in [-0.2, 0) is 14.1 Å². The van der Waals surface area contributed by atoms with Crippen molar-refractivity contribution in [2.45, 2.75) is 0 Å². The highest BCUT2D eigenvalue weighted by atomic mass is 19.1. The van der Waals surface area contributed by atoms with Crippen LogP contribution in [0.2, 0.25) is 0 Å². The van der Waals surface area contributed by atoms with E-state index >= 15 is 0 Å². The smallest absolute Gasteiger partial charge is 0.352 e. The van der Waals surface area contributed by atoms with Crippen molar-refractivity contribution in [3.63, 3.8) is 0 Å². The summed E-state index contributed by atoms with van der Waals surface area (Å²) in [5.74, 6) is -1.27. The predicted molar refractivity (Wildman–Crippen MR) is 74.2 cm³/mol. The van der Waals surface area contributed by atoms with Gasteiger partial charge < -0.3 is 14.2 Å². The predicted octanol–water partition coefficient (Wildman–Crippen LogP) is 3.02. The molecule has 3 aromatic rings. The van der Waals surface area contributed by atoms with Crippen LogP contribution in [0.5, 0.6) is 0 Å². The number of aryl methyl sites for hydroxylation is 1. The number of rotatable bonds is 2. The van der Waals surface area contributed by atoms with E-state index in [-0.39, 0.29) is 11.5 Å². The van der Waals surface area contributed by atoms with E-state index in [1.165, 1.54) is 6.07 Å². The molecular weight excluding hydrogens is 259 g/mol. The summed E-state index contributed by atoms with van der Waals surface area (Å²) in [4.78, 5) is 11.1. The zero-order valence-corrected chi connectivity index (χ0v) is 11.1. The highest BCUT2D eigenvalue weighted by molar-refractivity contribution is 5.90. The summed E-state index contributed by atoms with van der Waals surface area (Å²) in [6.45, 7) is 0. The van der Waals surface area contributed by atoms with Gasteiger partial charge in [-0.2, -0.15) is 0 Å². The molecule has 0 saturated heterocycles. The average Bonchev–Trinajstić information content (AvgIpc) is 2.91. The monoisotopic (exact) mass is 272 g/mol. The fraction of sp³-hybridized carbons (Fsp3) is 0.133. The van der Waals surface area contributed by atoms with Crippen LogP contribution in [0, 0.1) is 5.82 Å². The van der Waals surface area contributed by atoms with Gasteiger partial charge in [0.1, 0.15) is 11.5 Å². The first kappa shape index (κ1) is 12.5. The number of halogens is 1. The Morgan fingerprint density at radius 2 is 1.85 bits per heavy atom. The molecule has 2 heterocycles. The van der Waals surface area contributed by atoms with Gasteiger partial charge >= 0.3 is 5.97 Å². The molecule has 1 aromatic carbocycles. The molecule has 5 heteroatoms. The first-order valence-corrected chi connectivity index (χ1v) is 6.14. The number of fused-ring (bicyclic) bond motifs is 1. The molecular formula is C15H13FN2O2. The van der Waals surface area contributed by atoms with Crippen molar-refractivity contribution in [3.8, 4) is 11.4 Å². The number of aromatic carboxylic acids is 1. The van der Waals surface area contributed by atoms with Gasteiger partial charge in [0.2, 0.25) is 0 Å². The summed E-state index contributed by atoms with van der Waals surface area (Å²) in [5, 5.41) is 9.88. The zero-order valence-electron chi connectivity index (χ0n) is 11.1. The topological polar surface area (TPSA) is 47.2 Å². The maximum Gasteiger partial charge on any atom is 0.352 e. The Kier molecular flexibility index (Phi) is 2.64. The summed E-state index contributed by atoms with van der Waals surface area (Å²) in [7, 11) is 3.46. The summed E-state index contributed by atoms with van der Waals surface area (Å²) in [6.07, 6.45) is 0. The van der Waals surface area contributed by atoms with Crippen LogP contribution in [0.3, 0.4) is 0 Å². The van der Waals surface area contributed by atoms with Crippen LogP contribution in [0.1, 0.15) is 10.5 Å². The second-order valence-corrected chi connectivity index (χ2v) is 4.73. The van der Waals surface area contributed by atoms with Crippen molar-refractivity contribution in [1.29, 1.82) is 0 Å². The maximum atomic E-state index is 13.9. The van der Waals surface area contributed by atoms with E-state index in [1.807, 2.05) is 12.1 Å². The van der Waals surface area contributed by atoms with Gasteiger partial charge in [0.15, 0.2) is 0 Å². The number of para-hydroxylation sites is 1. The van der Waals surface area contributed by atoms with E-state index in [0.717, 1.165) is 16.8 Å². The first-order chi connectivity index (χ1) is 9.50. The lowest BCUT2D eigenvalue weighted by Crippen LogP contribution is -2.06. The van der Waals surface area contributed by atoms with E-state index < -0.39 is 5.97 Å². The zero-order chi connectivity index (χ0) is 14.4. The van der Waals surface area contributed by atoms with Gasteiger partial charge in [0.05, 0.1) is 16.9 Å². The molecule has 0 aliphatic rings. The number of aromatic nitrogens is 2. The molecule has 0 unspecified atom stereocenters. The quantitative estimate of drug-likeness (QED) is 0.779. The molecule has 1 N–H and O–H groups in total. The molecule has 0 saturated carbocycles. The van der Waals surface area contributed by atoms with Crippen molar-refractivity contribution >= 4 is 16.9 Å². The van der Waals surface area contributed by atoms with Gasteiger partial charge in [0.25, 0.3) is 0 Å². The maximum absolute atomic E-state index is 13.9. The minimum Gasteiger partial charge on any atom is -0.477 e. The molecule has 0 aliphatic heterocycles. The van der Waals surface area contributed by atoms with E-state index in [9.17, 15) is 9.18 Å². The number of hydrogen-bond acceptors (Lipinski definition) is 1. The summed E-state index contributed by atoms with van der Waals surface area (Å²) >= 11 is 0. The minimum absolute atomic E-state index is 0.200. The Bertz CT molecular complexity index is 830. The summed E-state index contributed by atoms with van der Waals surface area (Å²) in [6, 6.07) is 10.1. The van der Waals surface area contributed by atoms with Crippen LogP contribution in [0.15, 0.2) is 36.4 Å². The van der Waals surface area contributed by atoms with E-state index in [1.54, 1.807) is 41.4 Å². The van der Waals surface area contributed by atoms with Crippen molar-refractivity contribution < 1.29 is 14.3 Å². The molecule has 0 fully saturated rings. The average molecular weight is 272 g/mol. The van der Waals surface area contributed by atoms with Gasteiger partial charge in [-0.3, -0.25) is 0 Å². The second kappa shape index (κ2) is 4.23. The third-order valence-electron chi connectivity index (χ3n) is 3.61. The molecule has 0 spiro atoms. The van der Waals surface area contributed by atoms with Crippen LogP contribution in [0.4, 0.5) is 4.39 Å². The van der Waals surface area contributed by atoms with Gasteiger partial charge in [0, 0.05) is 19.5 Å². The van der Waals surface area contributed by atoms with E-state index in [4.69, 9.17) is 5.11 Å². The van der Waals surface area contributed by atoms with E-state index in [0.29, 0.717) is 5.52 Å². The van der Waals surface area contributed by atoms with E-state index in [2.05, 4.69) is 0 Å². The first-order valence-electron chi connectivity index (χ1n) is 6.14. The number of carbonyl (C=O) groups is 1. The molecule has 0 aliphatic carbocycles. The lowest BCUT2D eigenvalue weighted by molar-refractivity contribution is 0.0686. The van der Waals surface area contributed by atoms with Gasteiger partial charge in [-0.25, -0.2) is 9.18 Å². The number of carboxylic acids is 1. The van der Waals surface area contributed by atoms with Gasteiger partial charge in [-0.05, 0) is 24.3 Å². The number of benzene rings is 1. The normalized spacial score (nSPS) is 11.2. The molecule has 0 atom stereocenters. The molecule has 3 rings (SSSR count). The van der Waals surface area contributed by atoms with Crippen molar-refractivity contribution in [3.05, 3.63) is 47.9 Å². The molecule has 0 radical (unpaired) electrons. The van der Waals surface area contributed by atoms with Gasteiger partial charge in [-0.1, -0.05) is 12.1 Å². The third-order valence-corrected chi connectivity index (χ3v) is 3.61. The molecule has 20 heavy (non-hydrogen) atoms. The fourth-order valence-electron chi connectivity index (χ4n) is 2.60. The second-order valence-electron chi connectivity index (χ2n) is 4.73. The van der Waals surface area contributed by atoms with Gasteiger partial charge in [-0.15, -0.1) is 0 Å². The summed E-state index contributed by atoms with van der Waals surface area (Å²) in [5.41, 5.74) is 2.23. The summed E-state index contributed by atoms with van der Waals surface area (Å²) < 4.78 is 17.2. The Morgan fingerprint density at radius 3 is 2.45 bits per heavy atom. The van der Waals surface area contributed by atoms with Crippen molar-refractivity contribution in [2.24, 2.45) is 14.1 Å². The Morgan fingerprint density at radius 1 is 1.10 bits per heavy atom. The highest BCUT2D eigenvalue weighted by Gasteiger charge is 2.16. The van der Waals surface area contributed by atoms with Crippen LogP contribution >= 0.6 is 0 Å². The lowest BCUT2D eigenvalue weighted by atomic mass is 10.2. The third kappa shape index (κ3) is 1.63. The number of nitrogens with zero attached hydrogens (tertiary/aromatic N) is 2. The van der Waals surface area contributed by atoms with Crippen LogP contribution < -0.4 is 0 Å². The molecule has 4 nitrogen and oxygen atoms in total. The van der Waals surface area contributed by atoms with Crippen molar-refractivity contribution in [2.75, 3.05) is 0 Å². The Hall–Kier alpha value is -2.56. The minimum atomic E-state index is -0.983. The number of carboxylic acid groups (broad SMARTS) is 1. The molecule has 0 amide bonds. The SMILES string of the molecule is Cn1c(C(=O)O)ccc1-c1cc2cccc(F)c2n1C. The molecule has 0 bridgehead atoms. The molecule has 102 valence electrons. The largest absolute Gasteiger partial charge is 0.477 e. The highest BCUT2D eigenvalue weighted by Crippen LogP contribution is 2.29.